The standard InChI is InChI=1S/C15H18F3N3O2/c1-4-12-20-11-6-9(7-19-8-13(22)21(2)3)5-10(14(11)23-12)15(16,17)18/h5-6,19H,4,7-8H2,1-3H3. The molecule has 1 N–H and O–H groups in total. The fraction of sp³-hybridized carbons (Fsp3) is 0.467. The van der Waals surface area contributed by atoms with Crippen molar-refractivity contribution in [2.45, 2.75) is 26.1 Å². The molecule has 0 spiro atoms. The summed E-state index contributed by atoms with van der Waals surface area (Å²) in [6.07, 6.45) is -4.12. The molecule has 1 aromatic carbocycles. The van der Waals surface area contributed by atoms with Crippen molar-refractivity contribution in [1.82, 2.24) is 15.2 Å². The zero-order valence-electron chi connectivity index (χ0n) is 13.1. The lowest BCUT2D eigenvalue weighted by Gasteiger charge is -2.12. The number of amides is 1. The molecule has 1 amide bonds. The quantitative estimate of drug-likeness (QED) is 0.916. The number of nitrogens with one attached hydrogen (secondary N) is 1. The molecule has 0 aliphatic rings. The van der Waals surface area contributed by atoms with Gasteiger partial charge in [-0.25, -0.2) is 4.98 Å². The Morgan fingerprint density at radius 1 is 1.35 bits per heavy atom. The third-order valence-electron chi connectivity index (χ3n) is 3.31. The molecule has 0 atom stereocenters. The third-order valence-corrected chi connectivity index (χ3v) is 3.31. The fourth-order valence-electron chi connectivity index (χ4n) is 2.07. The fourth-order valence-corrected chi connectivity index (χ4v) is 2.07. The Balaban J connectivity index is 2.29. The maximum absolute atomic E-state index is 13.2. The van der Waals surface area contributed by atoms with Crippen LogP contribution in [-0.4, -0.2) is 36.4 Å². The second-order valence-electron chi connectivity index (χ2n) is 5.34. The molecule has 0 saturated heterocycles. The molecule has 0 bridgehead atoms. The molecule has 1 heterocycles. The summed E-state index contributed by atoms with van der Waals surface area (Å²) in [5.74, 6) is 0.107. The number of benzene rings is 1. The van der Waals surface area contributed by atoms with E-state index in [9.17, 15) is 18.0 Å². The molecule has 126 valence electrons. The summed E-state index contributed by atoms with van der Waals surface area (Å²) in [6, 6.07) is 2.57. The highest BCUT2D eigenvalue weighted by Crippen LogP contribution is 2.36. The Labute approximate surface area is 131 Å². The number of hydrogen-bond acceptors (Lipinski definition) is 4. The Bertz CT molecular complexity index is 708. The van der Waals surface area contributed by atoms with Crippen molar-refractivity contribution in [3.63, 3.8) is 0 Å². The number of aryl methyl sites for hydroxylation is 1. The molecule has 2 aromatic rings. The molecule has 2 rings (SSSR count). The average Bonchev–Trinajstić information content (AvgIpc) is 2.87. The minimum atomic E-state index is -4.53. The van der Waals surface area contributed by atoms with Crippen LogP contribution in [0.15, 0.2) is 16.5 Å². The molecule has 23 heavy (non-hydrogen) atoms. The normalized spacial score (nSPS) is 11.9. The van der Waals surface area contributed by atoms with Crippen LogP contribution in [0.3, 0.4) is 0 Å². The van der Waals surface area contributed by atoms with Gasteiger partial charge in [0.2, 0.25) is 5.91 Å². The first-order chi connectivity index (χ1) is 10.7. The van der Waals surface area contributed by atoms with Crippen molar-refractivity contribution in [1.29, 1.82) is 0 Å². The van der Waals surface area contributed by atoms with Crippen LogP contribution in [0.5, 0.6) is 0 Å². The maximum Gasteiger partial charge on any atom is 0.420 e. The van der Waals surface area contributed by atoms with E-state index in [1.165, 1.54) is 4.90 Å². The number of hydrogen-bond donors (Lipinski definition) is 1. The molecule has 0 aliphatic carbocycles. The second-order valence-corrected chi connectivity index (χ2v) is 5.34. The van der Waals surface area contributed by atoms with Gasteiger partial charge in [0.25, 0.3) is 0 Å². The van der Waals surface area contributed by atoms with Gasteiger partial charge in [-0.1, -0.05) is 6.92 Å². The van der Waals surface area contributed by atoms with Crippen LogP contribution in [0.4, 0.5) is 13.2 Å². The van der Waals surface area contributed by atoms with Crippen LogP contribution >= 0.6 is 0 Å². The van der Waals surface area contributed by atoms with Crippen LogP contribution in [-0.2, 0) is 23.9 Å². The van der Waals surface area contributed by atoms with Gasteiger partial charge < -0.3 is 14.6 Å². The number of alkyl halides is 3. The van der Waals surface area contributed by atoms with E-state index in [0.29, 0.717) is 12.0 Å². The van der Waals surface area contributed by atoms with Crippen LogP contribution < -0.4 is 5.32 Å². The SMILES string of the molecule is CCc1nc2cc(CNCC(=O)N(C)C)cc(C(F)(F)F)c2o1. The van der Waals surface area contributed by atoms with Crippen LogP contribution in [0.25, 0.3) is 11.1 Å². The summed E-state index contributed by atoms with van der Waals surface area (Å²) in [5, 5.41) is 2.83. The minimum Gasteiger partial charge on any atom is -0.440 e. The van der Waals surface area contributed by atoms with E-state index in [-0.39, 0.29) is 36.0 Å². The summed E-state index contributed by atoms with van der Waals surface area (Å²) in [7, 11) is 3.22. The van der Waals surface area contributed by atoms with E-state index < -0.39 is 11.7 Å². The van der Waals surface area contributed by atoms with Gasteiger partial charge in [-0.15, -0.1) is 0 Å². The molecule has 0 radical (unpaired) electrons. The van der Waals surface area contributed by atoms with Crippen LogP contribution in [0, 0.1) is 0 Å². The molecule has 1 aromatic heterocycles. The Morgan fingerprint density at radius 2 is 2.04 bits per heavy atom. The maximum atomic E-state index is 13.2. The summed E-state index contributed by atoms with van der Waals surface area (Å²) < 4.78 is 44.8. The zero-order valence-corrected chi connectivity index (χ0v) is 13.1. The number of fused-ring (bicyclic) bond motifs is 1. The number of oxazole rings is 1. The van der Waals surface area contributed by atoms with Crippen LogP contribution in [0.2, 0.25) is 0 Å². The molecule has 0 unspecified atom stereocenters. The van der Waals surface area contributed by atoms with Crippen molar-refractivity contribution < 1.29 is 22.4 Å². The van der Waals surface area contributed by atoms with Crippen molar-refractivity contribution in [2.24, 2.45) is 0 Å². The topological polar surface area (TPSA) is 58.4 Å². The Kier molecular flexibility index (Phi) is 4.93. The van der Waals surface area contributed by atoms with E-state index in [0.717, 1.165) is 6.07 Å². The van der Waals surface area contributed by atoms with E-state index in [1.807, 2.05) is 0 Å². The highest BCUT2D eigenvalue weighted by molar-refractivity contribution is 5.79. The predicted molar refractivity (Wildman–Crippen MR) is 78.8 cm³/mol. The number of aromatic nitrogens is 1. The summed E-state index contributed by atoms with van der Waals surface area (Å²) in [6.45, 7) is 1.94. The second kappa shape index (κ2) is 6.57. The molecular formula is C15H18F3N3O2. The zero-order chi connectivity index (χ0) is 17.2. The lowest BCUT2D eigenvalue weighted by atomic mass is 10.1. The van der Waals surface area contributed by atoms with Crippen molar-refractivity contribution in [3.8, 4) is 0 Å². The molecule has 0 saturated carbocycles. The van der Waals surface area contributed by atoms with E-state index >= 15 is 0 Å². The minimum absolute atomic E-state index is 0.0470. The first kappa shape index (κ1) is 17.3. The number of rotatable bonds is 5. The van der Waals surface area contributed by atoms with Gasteiger partial charge in [-0.05, 0) is 17.7 Å². The molecular weight excluding hydrogens is 311 g/mol. The number of carbonyl (C=O) groups is 1. The average molecular weight is 329 g/mol. The summed E-state index contributed by atoms with van der Waals surface area (Å²) in [4.78, 5) is 16.9. The summed E-state index contributed by atoms with van der Waals surface area (Å²) in [5.41, 5.74) is -0.528. The number of likely N-dealkylation sites (N-methyl/N-ethyl adjacent to an activating group) is 1. The number of halogens is 3. The highest BCUT2D eigenvalue weighted by Gasteiger charge is 2.35. The van der Waals surface area contributed by atoms with Gasteiger partial charge in [0.1, 0.15) is 11.1 Å². The van der Waals surface area contributed by atoms with E-state index in [4.69, 9.17) is 4.42 Å². The Morgan fingerprint density at radius 3 is 2.61 bits per heavy atom. The first-order valence-corrected chi connectivity index (χ1v) is 7.12. The van der Waals surface area contributed by atoms with Gasteiger partial charge >= 0.3 is 6.18 Å². The monoisotopic (exact) mass is 329 g/mol. The van der Waals surface area contributed by atoms with Gasteiger partial charge in [-0.3, -0.25) is 4.79 Å². The molecule has 8 heteroatoms. The van der Waals surface area contributed by atoms with Gasteiger partial charge in [0.05, 0.1) is 6.54 Å². The number of nitrogens with zero attached hydrogens (tertiary/aromatic N) is 2. The third kappa shape index (κ3) is 4.01. The smallest absolute Gasteiger partial charge is 0.420 e. The largest absolute Gasteiger partial charge is 0.440 e. The first-order valence-electron chi connectivity index (χ1n) is 7.12. The van der Waals surface area contributed by atoms with E-state index in [1.54, 1.807) is 27.1 Å². The van der Waals surface area contributed by atoms with Gasteiger partial charge in [0, 0.05) is 27.1 Å². The van der Waals surface area contributed by atoms with Gasteiger partial charge in [-0.2, -0.15) is 13.2 Å². The molecule has 5 nitrogen and oxygen atoms in total. The van der Waals surface area contributed by atoms with Crippen molar-refractivity contribution in [2.75, 3.05) is 20.6 Å². The lowest BCUT2D eigenvalue weighted by molar-refractivity contribution is -0.137. The van der Waals surface area contributed by atoms with Crippen molar-refractivity contribution in [3.05, 3.63) is 29.2 Å². The highest BCUT2D eigenvalue weighted by atomic mass is 19.4. The molecule has 0 aliphatic heterocycles. The number of carbonyl (C=O) groups excluding carboxylic acids is 1. The van der Waals surface area contributed by atoms with Crippen LogP contribution in [0.1, 0.15) is 23.9 Å². The summed E-state index contributed by atoms with van der Waals surface area (Å²) >= 11 is 0. The predicted octanol–water partition coefficient (Wildman–Crippen LogP) is 2.59. The Hall–Kier alpha value is -2.09. The van der Waals surface area contributed by atoms with Crippen molar-refractivity contribution >= 4 is 17.0 Å². The van der Waals surface area contributed by atoms with E-state index in [2.05, 4.69) is 10.3 Å². The lowest BCUT2D eigenvalue weighted by Crippen LogP contribution is -2.32. The molecule has 0 fully saturated rings. The van der Waals surface area contributed by atoms with Gasteiger partial charge in [0.15, 0.2) is 11.5 Å².